The van der Waals surface area contributed by atoms with Gasteiger partial charge in [-0.1, -0.05) is 32.0 Å². The van der Waals surface area contributed by atoms with Crippen LogP contribution in [0, 0.1) is 13.5 Å². The van der Waals surface area contributed by atoms with E-state index in [0.717, 1.165) is 38.8 Å². The Morgan fingerprint density at radius 2 is 1.88 bits per heavy atom. The standard InChI is InChI=1S/C23H21N2O/c1-14(2)17-12-18-16-10-9-15(3)22(20-8-6-7-11-25(20)5)23(16)26-21(18)13-19(17)24-4/h6-14H,1-3,5H3/q+1. The Kier molecular flexibility index (Phi) is 3.77. The second-order valence-corrected chi connectivity index (χ2v) is 7.11. The summed E-state index contributed by atoms with van der Waals surface area (Å²) in [7, 11) is 2.05. The number of aryl methyl sites for hydroxylation is 2. The molecule has 0 spiro atoms. The third-order valence-corrected chi connectivity index (χ3v) is 5.05. The summed E-state index contributed by atoms with van der Waals surface area (Å²) in [5, 5.41) is 2.18. The van der Waals surface area contributed by atoms with Crippen molar-refractivity contribution in [2.75, 3.05) is 0 Å². The summed E-state index contributed by atoms with van der Waals surface area (Å²) < 4.78 is 8.40. The number of furan rings is 1. The smallest absolute Gasteiger partial charge is 0.216 e. The van der Waals surface area contributed by atoms with E-state index in [0.29, 0.717) is 11.6 Å². The molecule has 0 amide bonds. The van der Waals surface area contributed by atoms with Crippen LogP contribution in [0.4, 0.5) is 5.69 Å². The number of benzene rings is 2. The van der Waals surface area contributed by atoms with E-state index in [2.05, 4.69) is 54.4 Å². The lowest BCUT2D eigenvalue weighted by Gasteiger charge is -2.07. The predicted octanol–water partition coefficient (Wildman–Crippen LogP) is 6.06. The van der Waals surface area contributed by atoms with Crippen molar-refractivity contribution >= 4 is 27.6 Å². The zero-order chi connectivity index (χ0) is 18.4. The van der Waals surface area contributed by atoms with E-state index in [1.54, 1.807) is 0 Å². The van der Waals surface area contributed by atoms with Gasteiger partial charge in [-0.15, -0.1) is 0 Å². The summed E-state index contributed by atoms with van der Waals surface area (Å²) >= 11 is 0. The second kappa shape index (κ2) is 6.00. The van der Waals surface area contributed by atoms with Crippen LogP contribution in [0.15, 0.2) is 53.1 Å². The first-order valence-electron chi connectivity index (χ1n) is 8.83. The summed E-state index contributed by atoms with van der Waals surface area (Å²) in [6.45, 7) is 13.9. The van der Waals surface area contributed by atoms with Crippen molar-refractivity contribution in [2.45, 2.75) is 26.7 Å². The number of nitrogens with zero attached hydrogens (tertiary/aromatic N) is 2. The van der Waals surface area contributed by atoms with Crippen LogP contribution in [-0.4, -0.2) is 0 Å². The van der Waals surface area contributed by atoms with Crippen LogP contribution >= 0.6 is 0 Å². The molecule has 0 radical (unpaired) electrons. The van der Waals surface area contributed by atoms with Crippen LogP contribution in [-0.2, 0) is 7.05 Å². The van der Waals surface area contributed by atoms with E-state index >= 15 is 0 Å². The van der Waals surface area contributed by atoms with Gasteiger partial charge in [-0.05, 0) is 36.1 Å². The molecule has 26 heavy (non-hydrogen) atoms. The Morgan fingerprint density at radius 1 is 1.08 bits per heavy atom. The summed E-state index contributed by atoms with van der Waals surface area (Å²) in [6, 6.07) is 14.5. The topological polar surface area (TPSA) is 21.4 Å². The molecule has 0 aliphatic heterocycles. The van der Waals surface area contributed by atoms with Crippen molar-refractivity contribution in [3.8, 4) is 11.3 Å². The molecule has 0 atom stereocenters. The maximum atomic E-state index is 7.51. The molecular weight excluding hydrogens is 320 g/mol. The van der Waals surface area contributed by atoms with Crippen molar-refractivity contribution in [2.24, 2.45) is 7.05 Å². The van der Waals surface area contributed by atoms with Gasteiger partial charge in [0.15, 0.2) is 11.9 Å². The molecule has 0 unspecified atom stereocenters. The van der Waals surface area contributed by atoms with Crippen LogP contribution in [0.1, 0.15) is 30.9 Å². The van der Waals surface area contributed by atoms with Gasteiger partial charge in [-0.25, -0.2) is 9.41 Å². The van der Waals surface area contributed by atoms with Gasteiger partial charge in [0.1, 0.15) is 18.2 Å². The maximum absolute atomic E-state index is 7.51. The van der Waals surface area contributed by atoms with Crippen LogP contribution in [0.25, 0.3) is 38.0 Å². The third kappa shape index (κ3) is 2.38. The monoisotopic (exact) mass is 341 g/mol. The molecule has 0 aliphatic rings. The highest BCUT2D eigenvalue weighted by molar-refractivity contribution is 6.10. The average Bonchev–Trinajstić information content (AvgIpc) is 2.98. The minimum absolute atomic E-state index is 0.297. The lowest BCUT2D eigenvalue weighted by molar-refractivity contribution is -0.660. The summed E-state index contributed by atoms with van der Waals surface area (Å²) in [4.78, 5) is 3.71. The number of hydrogen-bond donors (Lipinski definition) is 0. The molecule has 0 aliphatic carbocycles. The minimum Gasteiger partial charge on any atom is -0.456 e. The molecule has 2 aromatic carbocycles. The largest absolute Gasteiger partial charge is 0.456 e. The Balaban J connectivity index is 2.13. The molecule has 0 N–H and O–H groups in total. The fraction of sp³-hybridized carbons (Fsp3) is 0.217. The van der Waals surface area contributed by atoms with E-state index in [4.69, 9.17) is 11.0 Å². The Labute approximate surface area is 153 Å². The molecule has 0 fully saturated rings. The van der Waals surface area contributed by atoms with Crippen LogP contribution in [0.2, 0.25) is 0 Å². The van der Waals surface area contributed by atoms with E-state index in [1.165, 1.54) is 5.56 Å². The molecular formula is C23H21N2O+. The van der Waals surface area contributed by atoms with Crippen LogP contribution < -0.4 is 4.57 Å². The van der Waals surface area contributed by atoms with Crippen molar-refractivity contribution in [3.05, 3.63) is 71.2 Å². The van der Waals surface area contributed by atoms with Crippen molar-refractivity contribution in [1.82, 2.24) is 0 Å². The number of aromatic nitrogens is 1. The molecule has 4 rings (SSSR count). The van der Waals surface area contributed by atoms with E-state index in [-0.39, 0.29) is 0 Å². The quantitative estimate of drug-likeness (QED) is 0.321. The predicted molar refractivity (Wildman–Crippen MR) is 105 cm³/mol. The molecule has 0 bridgehead atoms. The second-order valence-electron chi connectivity index (χ2n) is 7.11. The third-order valence-electron chi connectivity index (χ3n) is 5.05. The molecule has 128 valence electrons. The molecule has 2 aromatic heterocycles. The van der Waals surface area contributed by atoms with Gasteiger partial charge in [0.05, 0.1) is 12.1 Å². The Morgan fingerprint density at radius 3 is 2.58 bits per heavy atom. The van der Waals surface area contributed by atoms with E-state index in [1.807, 2.05) is 31.4 Å². The SMILES string of the molecule is [C-]#[N+]c1cc2oc3c(-c4cccc[n+]4C)c(C)ccc3c2cc1C(C)C. The van der Waals surface area contributed by atoms with Crippen molar-refractivity contribution < 1.29 is 8.98 Å². The first-order valence-corrected chi connectivity index (χ1v) is 8.83. The molecule has 4 aromatic rings. The lowest BCUT2D eigenvalue weighted by Crippen LogP contribution is -2.30. The summed E-state index contributed by atoms with van der Waals surface area (Å²) in [5.74, 6) is 0.297. The molecule has 3 nitrogen and oxygen atoms in total. The first kappa shape index (κ1) is 16.4. The highest BCUT2D eigenvalue weighted by Crippen LogP contribution is 2.40. The lowest BCUT2D eigenvalue weighted by atomic mass is 9.97. The van der Waals surface area contributed by atoms with Gasteiger partial charge in [-0.2, -0.15) is 0 Å². The van der Waals surface area contributed by atoms with Crippen LogP contribution in [0.5, 0.6) is 0 Å². The molecule has 3 heteroatoms. The van der Waals surface area contributed by atoms with Crippen molar-refractivity contribution in [3.63, 3.8) is 0 Å². The van der Waals surface area contributed by atoms with Crippen LogP contribution in [0.3, 0.4) is 0 Å². The van der Waals surface area contributed by atoms with Gasteiger partial charge >= 0.3 is 0 Å². The average molecular weight is 341 g/mol. The molecule has 0 saturated carbocycles. The molecule has 2 heterocycles. The first-order chi connectivity index (χ1) is 12.5. The zero-order valence-corrected chi connectivity index (χ0v) is 15.5. The van der Waals surface area contributed by atoms with Gasteiger partial charge in [-0.3, -0.25) is 0 Å². The Hall–Kier alpha value is -3.12. The van der Waals surface area contributed by atoms with Gasteiger partial charge in [0, 0.05) is 22.9 Å². The molecule has 0 saturated heterocycles. The summed E-state index contributed by atoms with van der Waals surface area (Å²) in [5.41, 5.74) is 6.81. The maximum Gasteiger partial charge on any atom is 0.216 e. The van der Waals surface area contributed by atoms with E-state index < -0.39 is 0 Å². The summed E-state index contributed by atoms with van der Waals surface area (Å²) in [6.07, 6.45) is 2.05. The van der Waals surface area contributed by atoms with Crippen molar-refractivity contribution in [1.29, 1.82) is 0 Å². The fourth-order valence-electron chi connectivity index (χ4n) is 3.65. The highest BCUT2D eigenvalue weighted by Gasteiger charge is 2.21. The number of fused-ring (bicyclic) bond motifs is 3. The number of rotatable bonds is 2. The Bertz CT molecular complexity index is 1190. The van der Waals surface area contributed by atoms with Gasteiger partial charge < -0.3 is 4.42 Å². The van der Waals surface area contributed by atoms with E-state index in [9.17, 15) is 0 Å². The highest BCUT2D eigenvalue weighted by atomic mass is 16.3. The zero-order valence-electron chi connectivity index (χ0n) is 15.5. The number of pyridine rings is 1. The van der Waals surface area contributed by atoms with Gasteiger partial charge in [0.2, 0.25) is 5.69 Å². The fourth-order valence-corrected chi connectivity index (χ4v) is 3.65. The number of hydrogen-bond acceptors (Lipinski definition) is 1. The normalized spacial score (nSPS) is 11.4. The van der Waals surface area contributed by atoms with Gasteiger partial charge in [0.25, 0.3) is 0 Å². The minimum atomic E-state index is 0.297.